The Morgan fingerprint density at radius 1 is 0.875 bits per heavy atom. The number of hydrogen-bond donors (Lipinski definition) is 0. The molecule has 3 heteroatoms. The van der Waals surface area contributed by atoms with E-state index in [9.17, 15) is 0 Å². The van der Waals surface area contributed by atoms with Gasteiger partial charge in [0.2, 0.25) is 0 Å². The Morgan fingerprint density at radius 2 is 1.62 bits per heavy atom. The Labute approximate surface area is 191 Å². The van der Waals surface area contributed by atoms with E-state index in [1.165, 1.54) is 16.6 Å². The molecule has 0 bridgehead atoms. The third-order valence-electron chi connectivity index (χ3n) is 6.01. The van der Waals surface area contributed by atoms with E-state index in [4.69, 9.17) is 9.72 Å². The molecule has 3 nitrogen and oxygen atoms in total. The van der Waals surface area contributed by atoms with Crippen molar-refractivity contribution in [3.8, 4) is 5.75 Å². The van der Waals surface area contributed by atoms with Crippen molar-refractivity contribution >= 4 is 23.2 Å². The highest BCUT2D eigenvalue weighted by molar-refractivity contribution is 5.79. The van der Waals surface area contributed by atoms with Crippen LogP contribution in [0.5, 0.6) is 5.75 Å². The molecule has 1 unspecified atom stereocenters. The first-order valence-corrected chi connectivity index (χ1v) is 11.7. The fraction of sp³-hybridized carbons (Fsp3) is 0.276. The highest BCUT2D eigenvalue weighted by Gasteiger charge is 2.08. The van der Waals surface area contributed by atoms with Crippen LogP contribution in [0.3, 0.4) is 0 Å². The lowest BCUT2D eigenvalue weighted by atomic mass is 9.99. The maximum atomic E-state index is 5.98. The van der Waals surface area contributed by atoms with Crippen molar-refractivity contribution in [3.63, 3.8) is 0 Å². The highest BCUT2D eigenvalue weighted by atomic mass is 16.5. The molecule has 3 aromatic carbocycles. The van der Waals surface area contributed by atoms with Crippen molar-refractivity contribution in [2.75, 3.05) is 6.61 Å². The van der Waals surface area contributed by atoms with E-state index in [-0.39, 0.29) is 0 Å². The molecule has 4 rings (SSSR count). The number of benzene rings is 3. The summed E-state index contributed by atoms with van der Waals surface area (Å²) in [6.07, 6.45) is 7.44. The van der Waals surface area contributed by atoms with Crippen LogP contribution < -0.4 is 4.74 Å². The Bertz CT molecular complexity index is 1140. The molecule has 32 heavy (non-hydrogen) atoms. The zero-order chi connectivity index (χ0) is 22.2. The molecule has 1 heterocycles. The van der Waals surface area contributed by atoms with Crippen LogP contribution in [-0.2, 0) is 6.54 Å². The van der Waals surface area contributed by atoms with Crippen LogP contribution in [0.15, 0.2) is 78.9 Å². The molecule has 0 saturated heterocycles. The molecule has 1 aromatic heterocycles. The maximum Gasteiger partial charge on any atom is 0.133 e. The Balaban J connectivity index is 1.36. The fourth-order valence-electron chi connectivity index (χ4n) is 3.88. The fourth-order valence-corrected chi connectivity index (χ4v) is 3.88. The van der Waals surface area contributed by atoms with E-state index in [1.54, 1.807) is 0 Å². The first kappa shape index (κ1) is 21.9. The van der Waals surface area contributed by atoms with Gasteiger partial charge in [-0.05, 0) is 66.6 Å². The summed E-state index contributed by atoms with van der Waals surface area (Å²) in [5.74, 6) is 2.55. The van der Waals surface area contributed by atoms with Gasteiger partial charge in [0.05, 0.1) is 17.6 Å². The molecular formula is C29H32N2O. The topological polar surface area (TPSA) is 27.1 Å². The normalized spacial score (nSPS) is 12.4. The average Bonchev–Trinajstić information content (AvgIpc) is 3.20. The highest BCUT2D eigenvalue weighted by Crippen LogP contribution is 2.22. The molecule has 0 fully saturated rings. The van der Waals surface area contributed by atoms with Crippen molar-refractivity contribution in [3.05, 3.63) is 95.8 Å². The molecule has 4 aromatic rings. The molecule has 0 N–H and O–H groups in total. The number of aromatic nitrogens is 2. The summed E-state index contributed by atoms with van der Waals surface area (Å²) in [4.78, 5) is 4.85. The zero-order valence-electron chi connectivity index (χ0n) is 19.1. The number of fused-ring (bicyclic) bond motifs is 1. The second-order valence-electron chi connectivity index (χ2n) is 8.29. The van der Waals surface area contributed by atoms with Crippen molar-refractivity contribution < 1.29 is 4.74 Å². The minimum absolute atomic E-state index is 0.596. The van der Waals surface area contributed by atoms with Crippen molar-refractivity contribution in [1.82, 2.24) is 9.55 Å². The standard InChI is InChI=1S/C29H32N2O/c1-3-23(2)25-16-18-26(19-17-25)32-22-10-9-21-31-28-14-8-7-13-27(28)30-29(31)20-15-24-11-5-4-6-12-24/h4-8,11-20,23H,3,9-10,21-22H2,1-2H3/b20-15+. The summed E-state index contributed by atoms with van der Waals surface area (Å²) in [6.45, 7) is 6.14. The van der Waals surface area contributed by atoms with Gasteiger partial charge in [0.15, 0.2) is 0 Å². The zero-order valence-corrected chi connectivity index (χ0v) is 19.1. The van der Waals surface area contributed by atoms with Crippen molar-refractivity contribution in [2.45, 2.75) is 45.6 Å². The lowest BCUT2D eigenvalue weighted by molar-refractivity contribution is 0.303. The van der Waals surface area contributed by atoms with E-state index in [1.807, 2.05) is 12.1 Å². The summed E-state index contributed by atoms with van der Waals surface area (Å²) in [7, 11) is 0. The van der Waals surface area contributed by atoms with E-state index < -0.39 is 0 Å². The van der Waals surface area contributed by atoms with Gasteiger partial charge in [-0.15, -0.1) is 0 Å². The van der Waals surface area contributed by atoms with Crippen LogP contribution in [-0.4, -0.2) is 16.2 Å². The first-order chi connectivity index (χ1) is 15.7. The number of unbranched alkanes of at least 4 members (excludes halogenated alkanes) is 1. The average molecular weight is 425 g/mol. The number of nitrogens with zero attached hydrogens (tertiary/aromatic N) is 2. The van der Waals surface area contributed by atoms with Gasteiger partial charge in [-0.1, -0.05) is 74.5 Å². The minimum atomic E-state index is 0.596. The Hall–Kier alpha value is -3.33. The smallest absolute Gasteiger partial charge is 0.133 e. The number of aryl methyl sites for hydroxylation is 1. The van der Waals surface area contributed by atoms with Crippen LogP contribution in [0.2, 0.25) is 0 Å². The molecule has 164 valence electrons. The van der Waals surface area contributed by atoms with Crippen molar-refractivity contribution in [1.29, 1.82) is 0 Å². The second-order valence-corrected chi connectivity index (χ2v) is 8.29. The molecule has 0 aliphatic rings. The summed E-state index contributed by atoms with van der Waals surface area (Å²) in [6, 6.07) is 27.3. The molecular weight excluding hydrogens is 392 g/mol. The van der Waals surface area contributed by atoms with Gasteiger partial charge >= 0.3 is 0 Å². The van der Waals surface area contributed by atoms with E-state index in [0.717, 1.165) is 49.5 Å². The monoisotopic (exact) mass is 424 g/mol. The predicted molar refractivity (Wildman–Crippen MR) is 135 cm³/mol. The molecule has 0 saturated carbocycles. The lowest BCUT2D eigenvalue weighted by Crippen LogP contribution is -2.04. The largest absolute Gasteiger partial charge is 0.494 e. The van der Waals surface area contributed by atoms with Crippen LogP contribution in [0, 0.1) is 0 Å². The molecule has 0 aliphatic heterocycles. The molecule has 0 aliphatic carbocycles. The van der Waals surface area contributed by atoms with E-state index in [2.05, 4.69) is 97.3 Å². The van der Waals surface area contributed by atoms with E-state index >= 15 is 0 Å². The summed E-state index contributed by atoms with van der Waals surface area (Å²) in [5.41, 5.74) is 4.78. The number of ether oxygens (including phenoxy) is 1. The van der Waals surface area contributed by atoms with Crippen LogP contribution in [0.25, 0.3) is 23.2 Å². The van der Waals surface area contributed by atoms with E-state index in [0.29, 0.717) is 5.92 Å². The van der Waals surface area contributed by atoms with Crippen molar-refractivity contribution in [2.24, 2.45) is 0 Å². The summed E-state index contributed by atoms with van der Waals surface area (Å²) < 4.78 is 8.29. The number of para-hydroxylation sites is 2. The Kier molecular flexibility index (Phi) is 7.39. The maximum absolute atomic E-state index is 5.98. The summed E-state index contributed by atoms with van der Waals surface area (Å²) in [5, 5.41) is 0. The SMILES string of the molecule is CCC(C)c1ccc(OCCCCn2c(/C=C/c3ccccc3)nc3ccccc32)cc1. The molecule has 0 amide bonds. The predicted octanol–water partition coefficient (Wildman–Crippen LogP) is 7.58. The van der Waals surface area contributed by atoms with Crippen LogP contribution in [0.1, 0.15) is 56.0 Å². The van der Waals surface area contributed by atoms with Gasteiger partial charge in [0.1, 0.15) is 11.6 Å². The second kappa shape index (κ2) is 10.8. The number of imidazole rings is 1. The van der Waals surface area contributed by atoms with Gasteiger partial charge in [0.25, 0.3) is 0 Å². The third kappa shape index (κ3) is 5.47. The number of rotatable bonds is 10. The van der Waals surface area contributed by atoms with Gasteiger partial charge in [0, 0.05) is 6.54 Å². The van der Waals surface area contributed by atoms with Crippen LogP contribution >= 0.6 is 0 Å². The quantitative estimate of drug-likeness (QED) is 0.245. The van der Waals surface area contributed by atoms with Gasteiger partial charge in [-0.25, -0.2) is 4.98 Å². The van der Waals surface area contributed by atoms with Gasteiger partial charge < -0.3 is 9.30 Å². The van der Waals surface area contributed by atoms with Crippen LogP contribution in [0.4, 0.5) is 0 Å². The number of hydrogen-bond acceptors (Lipinski definition) is 2. The van der Waals surface area contributed by atoms with Gasteiger partial charge in [-0.2, -0.15) is 0 Å². The molecule has 1 atom stereocenters. The minimum Gasteiger partial charge on any atom is -0.494 e. The third-order valence-corrected chi connectivity index (χ3v) is 6.01. The van der Waals surface area contributed by atoms with Gasteiger partial charge in [-0.3, -0.25) is 0 Å². The Morgan fingerprint density at radius 3 is 2.41 bits per heavy atom. The molecule has 0 spiro atoms. The first-order valence-electron chi connectivity index (χ1n) is 11.7. The molecule has 0 radical (unpaired) electrons. The summed E-state index contributed by atoms with van der Waals surface area (Å²) >= 11 is 0. The lowest BCUT2D eigenvalue weighted by Gasteiger charge is -2.11.